The third-order valence-electron chi connectivity index (χ3n) is 3.40. The van der Waals surface area contributed by atoms with Gasteiger partial charge in [0.25, 0.3) is 0 Å². The van der Waals surface area contributed by atoms with Gasteiger partial charge in [0, 0.05) is 11.2 Å². The van der Waals surface area contributed by atoms with Crippen LogP contribution in [0.4, 0.5) is 11.5 Å². The zero-order valence-electron chi connectivity index (χ0n) is 12.6. The molecule has 0 fully saturated rings. The third kappa shape index (κ3) is 3.07. The summed E-state index contributed by atoms with van der Waals surface area (Å²) in [5.41, 5.74) is 1.90. The predicted molar refractivity (Wildman–Crippen MR) is 88.6 cm³/mol. The lowest BCUT2D eigenvalue weighted by Gasteiger charge is -2.00. The van der Waals surface area contributed by atoms with Gasteiger partial charge < -0.3 is 10.2 Å². The fourth-order valence-electron chi connectivity index (χ4n) is 2.29. The van der Waals surface area contributed by atoms with Gasteiger partial charge in [-0.05, 0) is 42.8 Å². The van der Waals surface area contributed by atoms with Gasteiger partial charge in [0.1, 0.15) is 0 Å². The minimum atomic E-state index is -1.04. The maximum Gasteiger partial charge on any atom is 0.309 e. The molecule has 8 heteroatoms. The molecule has 2 heterocycles. The number of carboxylic acids is 1. The number of aliphatic carboxylic acids is 1. The number of hydrogen-bond acceptors (Lipinski definition) is 5. The molecular formula is C16H13ClN4O3. The van der Waals surface area contributed by atoms with Crippen LogP contribution in [0.25, 0.3) is 5.65 Å². The molecule has 0 aliphatic heterocycles. The minimum Gasteiger partial charge on any atom is -0.504 e. The van der Waals surface area contributed by atoms with Crippen LogP contribution in [0.5, 0.6) is 5.75 Å². The smallest absolute Gasteiger partial charge is 0.309 e. The van der Waals surface area contributed by atoms with E-state index in [0.29, 0.717) is 10.7 Å². The van der Waals surface area contributed by atoms with Gasteiger partial charge in [0.2, 0.25) is 0 Å². The van der Waals surface area contributed by atoms with Crippen LogP contribution in [-0.2, 0) is 11.2 Å². The molecule has 0 saturated heterocycles. The largest absolute Gasteiger partial charge is 0.504 e. The number of hydrogen-bond donors (Lipinski definition) is 2. The molecule has 0 spiro atoms. The highest BCUT2D eigenvalue weighted by atomic mass is 35.5. The lowest BCUT2D eigenvalue weighted by Crippen LogP contribution is -2.00. The number of carboxylic acid groups (broad SMARTS) is 1. The Morgan fingerprint density at radius 2 is 2.12 bits per heavy atom. The lowest BCUT2D eigenvalue weighted by molar-refractivity contribution is -0.136. The Balaban J connectivity index is 2.11. The van der Waals surface area contributed by atoms with E-state index in [-0.39, 0.29) is 29.3 Å². The Kier molecular flexibility index (Phi) is 4.18. The summed E-state index contributed by atoms with van der Waals surface area (Å²) in [6.45, 7) is 1.85. The van der Waals surface area contributed by atoms with Crippen LogP contribution in [-0.4, -0.2) is 25.6 Å². The van der Waals surface area contributed by atoms with Crippen molar-refractivity contribution in [1.82, 2.24) is 9.38 Å². The first-order valence-corrected chi connectivity index (χ1v) is 7.42. The molecule has 7 nitrogen and oxygen atoms in total. The number of halogens is 1. The number of fused-ring (bicyclic) bond motifs is 1. The normalized spacial score (nSPS) is 11.4. The molecule has 0 aliphatic rings. The molecule has 3 rings (SSSR count). The summed E-state index contributed by atoms with van der Waals surface area (Å²) in [4.78, 5) is 15.2. The number of rotatable bonds is 4. The Morgan fingerprint density at radius 3 is 2.83 bits per heavy atom. The fourth-order valence-corrected chi connectivity index (χ4v) is 2.51. The highest BCUT2D eigenvalue weighted by Gasteiger charge is 2.17. The van der Waals surface area contributed by atoms with Crippen LogP contribution in [0, 0.1) is 6.92 Å². The van der Waals surface area contributed by atoms with Crippen LogP contribution in [0.2, 0.25) is 5.02 Å². The molecule has 24 heavy (non-hydrogen) atoms. The van der Waals surface area contributed by atoms with Crippen molar-refractivity contribution in [3.05, 3.63) is 52.8 Å². The van der Waals surface area contributed by atoms with Gasteiger partial charge in [-0.2, -0.15) is 0 Å². The number of pyridine rings is 1. The molecule has 2 aromatic heterocycles. The average molecular weight is 345 g/mol. The summed E-state index contributed by atoms with van der Waals surface area (Å²) in [5, 5.41) is 27.9. The maximum absolute atomic E-state index is 11.0. The third-order valence-corrected chi connectivity index (χ3v) is 3.64. The van der Waals surface area contributed by atoms with E-state index in [4.69, 9.17) is 16.7 Å². The fraction of sp³-hybridized carbons (Fsp3) is 0.125. The summed E-state index contributed by atoms with van der Waals surface area (Å²) in [6, 6.07) is 8.26. The second-order valence-corrected chi connectivity index (χ2v) is 5.61. The van der Waals surface area contributed by atoms with Crippen molar-refractivity contribution in [2.45, 2.75) is 13.3 Å². The molecule has 0 radical (unpaired) electrons. The summed E-state index contributed by atoms with van der Waals surface area (Å²) < 4.78 is 1.50. The van der Waals surface area contributed by atoms with Crippen LogP contribution in [0.3, 0.4) is 0 Å². The Labute approximate surface area is 141 Å². The number of carbonyl (C=O) groups is 1. The first kappa shape index (κ1) is 15.9. The van der Waals surface area contributed by atoms with E-state index >= 15 is 0 Å². The second-order valence-electron chi connectivity index (χ2n) is 5.17. The van der Waals surface area contributed by atoms with Crippen molar-refractivity contribution in [1.29, 1.82) is 0 Å². The summed E-state index contributed by atoms with van der Waals surface area (Å²) in [6.07, 6.45) is 1.31. The van der Waals surface area contributed by atoms with Gasteiger partial charge in [0.05, 0.1) is 17.8 Å². The molecule has 0 bridgehead atoms. The number of azo groups is 1. The van der Waals surface area contributed by atoms with Crippen LogP contribution in [0.1, 0.15) is 11.3 Å². The molecule has 0 saturated carbocycles. The number of aryl methyl sites for hydroxylation is 1. The van der Waals surface area contributed by atoms with Gasteiger partial charge in [-0.1, -0.05) is 11.6 Å². The molecule has 0 aliphatic carbocycles. The van der Waals surface area contributed by atoms with E-state index in [2.05, 4.69) is 15.2 Å². The number of imidazole rings is 1. The van der Waals surface area contributed by atoms with E-state index < -0.39 is 5.97 Å². The second kappa shape index (κ2) is 6.29. The van der Waals surface area contributed by atoms with Gasteiger partial charge in [-0.3, -0.25) is 9.20 Å². The van der Waals surface area contributed by atoms with E-state index in [1.807, 2.05) is 6.92 Å². The predicted octanol–water partition coefficient (Wildman–Crippen LogP) is 4.04. The number of aromatic hydroxyl groups is 1. The highest BCUT2D eigenvalue weighted by Crippen LogP contribution is 2.30. The van der Waals surface area contributed by atoms with Gasteiger partial charge >= 0.3 is 5.97 Å². The van der Waals surface area contributed by atoms with E-state index in [1.54, 1.807) is 30.5 Å². The van der Waals surface area contributed by atoms with Crippen LogP contribution >= 0.6 is 11.6 Å². The van der Waals surface area contributed by atoms with Crippen molar-refractivity contribution in [2.24, 2.45) is 10.2 Å². The minimum absolute atomic E-state index is 0.0618. The van der Waals surface area contributed by atoms with Crippen LogP contribution < -0.4 is 0 Å². The molecule has 3 aromatic rings. The topological polar surface area (TPSA) is 99.5 Å². The summed E-state index contributed by atoms with van der Waals surface area (Å²) >= 11 is 5.92. The number of aromatic nitrogens is 2. The monoisotopic (exact) mass is 344 g/mol. The maximum atomic E-state index is 11.0. The molecule has 122 valence electrons. The number of benzene rings is 1. The molecule has 1 aromatic carbocycles. The zero-order chi connectivity index (χ0) is 17.3. The molecular weight excluding hydrogens is 332 g/mol. The first-order chi connectivity index (χ1) is 11.5. The first-order valence-electron chi connectivity index (χ1n) is 7.04. The molecule has 0 atom stereocenters. The van der Waals surface area contributed by atoms with Gasteiger partial charge in [-0.15, -0.1) is 10.2 Å². The van der Waals surface area contributed by atoms with Crippen molar-refractivity contribution in [3.63, 3.8) is 0 Å². The van der Waals surface area contributed by atoms with E-state index in [1.165, 1.54) is 10.5 Å². The van der Waals surface area contributed by atoms with Crippen molar-refractivity contribution >= 4 is 34.7 Å². The standard InChI is InChI=1S/C16H13ClN4O3/c1-9-7-10(17)4-5-11(9)19-20-15-12(8-14(23)24)18-16-13(22)3-2-6-21(15)16/h2-7,22H,8H2,1H3,(H,23,24). The number of nitrogens with zero attached hydrogens (tertiary/aromatic N) is 4. The van der Waals surface area contributed by atoms with Crippen molar-refractivity contribution in [3.8, 4) is 5.75 Å². The van der Waals surface area contributed by atoms with Crippen LogP contribution in [0.15, 0.2) is 46.8 Å². The quantitative estimate of drug-likeness (QED) is 0.697. The van der Waals surface area contributed by atoms with Crippen molar-refractivity contribution < 1.29 is 15.0 Å². The molecule has 0 amide bonds. The Bertz CT molecular complexity index is 965. The molecule has 0 unspecified atom stereocenters. The lowest BCUT2D eigenvalue weighted by atomic mass is 10.2. The van der Waals surface area contributed by atoms with Gasteiger partial charge in [0.15, 0.2) is 17.2 Å². The van der Waals surface area contributed by atoms with E-state index in [0.717, 1.165) is 5.56 Å². The zero-order valence-corrected chi connectivity index (χ0v) is 13.4. The highest BCUT2D eigenvalue weighted by molar-refractivity contribution is 6.30. The Hall–Kier alpha value is -2.93. The Morgan fingerprint density at radius 1 is 1.33 bits per heavy atom. The summed E-state index contributed by atoms with van der Waals surface area (Å²) in [7, 11) is 0. The SMILES string of the molecule is Cc1cc(Cl)ccc1N=Nc1c(CC(=O)O)nc2c(O)cccn12. The molecule has 2 N–H and O–H groups in total. The van der Waals surface area contributed by atoms with Crippen molar-refractivity contribution in [2.75, 3.05) is 0 Å². The van der Waals surface area contributed by atoms with Gasteiger partial charge in [-0.25, -0.2) is 4.98 Å². The average Bonchev–Trinajstić information content (AvgIpc) is 2.85. The van der Waals surface area contributed by atoms with E-state index in [9.17, 15) is 9.90 Å². The summed E-state index contributed by atoms with van der Waals surface area (Å²) in [5.74, 6) is -0.845.